The normalized spacial score (nSPS) is 17.0. The van der Waals surface area contributed by atoms with Crippen LogP contribution in [0.15, 0.2) is 36.4 Å². The minimum Gasteiger partial charge on any atom is -0.484 e. The summed E-state index contributed by atoms with van der Waals surface area (Å²) in [6, 6.07) is 8.54. The van der Waals surface area contributed by atoms with Crippen molar-refractivity contribution in [3.63, 3.8) is 0 Å². The highest BCUT2D eigenvalue weighted by Crippen LogP contribution is 2.44. The molecule has 2 heterocycles. The average Bonchev–Trinajstić information content (AvgIpc) is 2.75. The Bertz CT molecular complexity index is 1070. The number of anilines is 1. The van der Waals surface area contributed by atoms with Crippen LogP contribution >= 0.6 is 23.2 Å². The van der Waals surface area contributed by atoms with E-state index in [0.717, 1.165) is 0 Å². The summed E-state index contributed by atoms with van der Waals surface area (Å²) in [4.78, 5) is 39.0. The van der Waals surface area contributed by atoms with Crippen molar-refractivity contribution in [3.05, 3.63) is 57.8 Å². The second-order valence-corrected chi connectivity index (χ2v) is 8.93. The Morgan fingerprint density at radius 3 is 2.47 bits per heavy atom. The number of likely N-dealkylation sites (tertiary alicyclic amines) is 1. The van der Waals surface area contributed by atoms with Crippen LogP contribution in [-0.2, 0) is 9.59 Å². The maximum absolute atomic E-state index is 12.9. The summed E-state index contributed by atoms with van der Waals surface area (Å²) < 4.78 is 19.1. The summed E-state index contributed by atoms with van der Waals surface area (Å²) in [6.07, 6.45) is 1.28. The van der Waals surface area contributed by atoms with E-state index in [-0.39, 0.29) is 42.7 Å². The predicted molar refractivity (Wildman–Crippen MR) is 119 cm³/mol. The zero-order chi connectivity index (χ0) is 22.9. The summed E-state index contributed by atoms with van der Waals surface area (Å²) in [5.41, 5.74) is 0.167. The lowest BCUT2D eigenvalue weighted by Gasteiger charge is -2.44. The molecule has 2 aromatic rings. The Hall–Kier alpha value is -2.64. The molecule has 2 amide bonds. The standard InChI is InChI=1S/C23H21Cl2FN2O4/c24-14-11-17-19(29)13-23(32-22(17)18(25)12-14)7-9-28(10-8-23)21(31)6-5-20(30)27-16-3-1-15(26)2-4-16/h1-4,11-12H,5-10,13H2,(H,27,30). The third-order valence-electron chi connectivity index (χ3n) is 5.83. The van der Waals surface area contributed by atoms with Gasteiger partial charge in [0.25, 0.3) is 0 Å². The maximum Gasteiger partial charge on any atom is 0.224 e. The second kappa shape index (κ2) is 9.08. The van der Waals surface area contributed by atoms with E-state index in [1.54, 1.807) is 17.0 Å². The van der Waals surface area contributed by atoms with E-state index in [4.69, 9.17) is 27.9 Å². The van der Waals surface area contributed by atoms with Crippen molar-refractivity contribution in [2.75, 3.05) is 18.4 Å². The summed E-state index contributed by atoms with van der Waals surface area (Å²) in [5, 5.41) is 3.32. The number of nitrogens with zero attached hydrogens (tertiary/aromatic N) is 1. The maximum atomic E-state index is 12.9. The van der Waals surface area contributed by atoms with Gasteiger partial charge in [0.15, 0.2) is 5.78 Å². The number of ketones is 1. The minimum atomic E-state index is -0.696. The van der Waals surface area contributed by atoms with Crippen LogP contribution < -0.4 is 10.1 Å². The summed E-state index contributed by atoms with van der Waals surface area (Å²) >= 11 is 12.3. The number of hydrogen-bond acceptors (Lipinski definition) is 4. The Kier molecular flexibility index (Phi) is 6.40. The first-order chi connectivity index (χ1) is 15.2. The van der Waals surface area contributed by atoms with Crippen LogP contribution in [-0.4, -0.2) is 41.2 Å². The van der Waals surface area contributed by atoms with Crippen molar-refractivity contribution >= 4 is 46.5 Å². The molecule has 2 aromatic carbocycles. The van der Waals surface area contributed by atoms with Crippen LogP contribution in [0.5, 0.6) is 5.75 Å². The number of fused-ring (bicyclic) bond motifs is 1. The van der Waals surface area contributed by atoms with Gasteiger partial charge < -0.3 is 15.0 Å². The molecule has 0 atom stereocenters. The molecule has 0 radical (unpaired) electrons. The fraction of sp³-hybridized carbons (Fsp3) is 0.348. The topological polar surface area (TPSA) is 75.7 Å². The number of carbonyl (C=O) groups excluding carboxylic acids is 3. The molecule has 32 heavy (non-hydrogen) atoms. The number of piperidine rings is 1. The van der Waals surface area contributed by atoms with Gasteiger partial charge in [-0.25, -0.2) is 4.39 Å². The van der Waals surface area contributed by atoms with Crippen LogP contribution in [0.1, 0.15) is 42.5 Å². The molecule has 1 fully saturated rings. The van der Waals surface area contributed by atoms with E-state index in [0.29, 0.717) is 53.0 Å². The average molecular weight is 479 g/mol. The zero-order valence-electron chi connectivity index (χ0n) is 17.1. The summed E-state index contributed by atoms with van der Waals surface area (Å²) in [5.74, 6) is -0.567. The van der Waals surface area contributed by atoms with Gasteiger partial charge in [0.2, 0.25) is 11.8 Å². The number of nitrogens with one attached hydrogen (secondary N) is 1. The molecule has 9 heteroatoms. The quantitative estimate of drug-likeness (QED) is 0.679. The molecule has 0 bridgehead atoms. The fourth-order valence-corrected chi connectivity index (χ4v) is 4.62. The molecule has 2 aliphatic heterocycles. The molecule has 4 rings (SSSR count). The van der Waals surface area contributed by atoms with E-state index < -0.39 is 5.60 Å². The van der Waals surface area contributed by atoms with Gasteiger partial charge >= 0.3 is 0 Å². The van der Waals surface area contributed by atoms with Gasteiger partial charge in [0, 0.05) is 49.5 Å². The van der Waals surface area contributed by atoms with Gasteiger partial charge in [-0.05, 0) is 36.4 Å². The number of halogens is 3. The largest absolute Gasteiger partial charge is 0.484 e. The van der Waals surface area contributed by atoms with Crippen molar-refractivity contribution in [2.24, 2.45) is 0 Å². The first-order valence-corrected chi connectivity index (χ1v) is 11.0. The number of benzene rings is 2. The molecular weight excluding hydrogens is 458 g/mol. The molecule has 1 spiro atoms. The predicted octanol–water partition coefficient (Wildman–Crippen LogP) is 4.88. The monoisotopic (exact) mass is 478 g/mol. The lowest BCUT2D eigenvalue weighted by Crippen LogP contribution is -2.52. The van der Waals surface area contributed by atoms with Gasteiger partial charge in [-0.2, -0.15) is 0 Å². The van der Waals surface area contributed by atoms with Gasteiger partial charge in [0.05, 0.1) is 17.0 Å². The third-order valence-corrected chi connectivity index (χ3v) is 6.33. The SMILES string of the molecule is O=C(CCC(=O)N1CCC2(CC1)CC(=O)c1cc(Cl)cc(Cl)c1O2)Nc1ccc(F)cc1. The first-order valence-electron chi connectivity index (χ1n) is 10.3. The highest BCUT2D eigenvalue weighted by Gasteiger charge is 2.44. The first kappa shape index (κ1) is 22.6. The van der Waals surface area contributed by atoms with Crippen LogP contribution in [0, 0.1) is 5.82 Å². The Morgan fingerprint density at radius 2 is 1.78 bits per heavy atom. The van der Waals surface area contributed by atoms with Crippen LogP contribution in [0.3, 0.4) is 0 Å². The van der Waals surface area contributed by atoms with Gasteiger partial charge in [-0.1, -0.05) is 23.2 Å². The Morgan fingerprint density at radius 1 is 1.09 bits per heavy atom. The van der Waals surface area contributed by atoms with E-state index >= 15 is 0 Å². The smallest absolute Gasteiger partial charge is 0.224 e. The van der Waals surface area contributed by atoms with Crippen LogP contribution in [0.4, 0.5) is 10.1 Å². The van der Waals surface area contributed by atoms with E-state index in [1.165, 1.54) is 24.3 Å². The number of hydrogen-bond donors (Lipinski definition) is 1. The Balaban J connectivity index is 1.30. The van der Waals surface area contributed by atoms with E-state index in [1.807, 2.05) is 0 Å². The molecule has 1 saturated heterocycles. The van der Waals surface area contributed by atoms with Crippen molar-refractivity contribution < 1.29 is 23.5 Å². The molecule has 2 aliphatic rings. The number of carbonyl (C=O) groups is 3. The second-order valence-electron chi connectivity index (χ2n) is 8.09. The molecule has 6 nitrogen and oxygen atoms in total. The molecule has 168 valence electrons. The number of ether oxygens (including phenoxy) is 1. The van der Waals surface area contributed by atoms with Crippen LogP contribution in [0.25, 0.3) is 0 Å². The molecule has 0 unspecified atom stereocenters. The number of amides is 2. The Labute approximate surface area is 194 Å². The highest BCUT2D eigenvalue weighted by molar-refractivity contribution is 6.36. The third kappa shape index (κ3) is 4.89. The molecule has 0 aliphatic carbocycles. The number of rotatable bonds is 4. The summed E-state index contributed by atoms with van der Waals surface area (Å²) in [6.45, 7) is 0.846. The highest BCUT2D eigenvalue weighted by atomic mass is 35.5. The lowest BCUT2D eigenvalue weighted by atomic mass is 9.82. The molecular formula is C23H21Cl2FN2O4. The lowest BCUT2D eigenvalue weighted by molar-refractivity contribution is -0.136. The van der Waals surface area contributed by atoms with Crippen LogP contribution in [0.2, 0.25) is 10.0 Å². The minimum absolute atomic E-state index is 0.0244. The van der Waals surface area contributed by atoms with Gasteiger partial charge in [-0.15, -0.1) is 0 Å². The molecule has 0 aromatic heterocycles. The molecule has 0 saturated carbocycles. The molecule has 1 N–H and O–H groups in total. The fourth-order valence-electron chi connectivity index (χ4n) is 4.09. The van der Waals surface area contributed by atoms with Crippen molar-refractivity contribution in [1.29, 1.82) is 0 Å². The van der Waals surface area contributed by atoms with Crippen molar-refractivity contribution in [3.8, 4) is 5.75 Å². The van der Waals surface area contributed by atoms with Gasteiger partial charge in [-0.3, -0.25) is 14.4 Å². The summed E-state index contributed by atoms with van der Waals surface area (Å²) in [7, 11) is 0. The number of Topliss-reactive ketones (excluding diaryl/α,β-unsaturated/α-hetero) is 1. The van der Waals surface area contributed by atoms with Crippen molar-refractivity contribution in [1.82, 2.24) is 4.90 Å². The zero-order valence-corrected chi connectivity index (χ0v) is 18.6. The van der Waals surface area contributed by atoms with Crippen molar-refractivity contribution in [2.45, 2.75) is 37.7 Å². The van der Waals surface area contributed by atoms with Gasteiger partial charge in [0.1, 0.15) is 17.2 Å². The van der Waals surface area contributed by atoms with E-state index in [2.05, 4.69) is 5.32 Å². The van der Waals surface area contributed by atoms with E-state index in [9.17, 15) is 18.8 Å².